The van der Waals surface area contributed by atoms with Gasteiger partial charge in [-0.3, -0.25) is 9.69 Å². The van der Waals surface area contributed by atoms with Crippen LogP contribution in [-0.4, -0.2) is 36.6 Å². The summed E-state index contributed by atoms with van der Waals surface area (Å²) >= 11 is 0. The van der Waals surface area contributed by atoms with Crippen molar-refractivity contribution in [1.29, 1.82) is 0 Å². The molecule has 0 aliphatic carbocycles. The molecule has 0 aromatic heterocycles. The number of carbonyl (C=O) groups is 1. The number of ether oxygens (including phenoxy) is 1. The highest BCUT2D eigenvalue weighted by Gasteiger charge is 2.18. The minimum atomic E-state index is -0.691. The van der Waals surface area contributed by atoms with Gasteiger partial charge in [-0.15, -0.1) is 0 Å². The van der Waals surface area contributed by atoms with Gasteiger partial charge in [-0.2, -0.15) is 0 Å². The molecule has 5 nitrogen and oxygen atoms in total. The van der Waals surface area contributed by atoms with Crippen molar-refractivity contribution in [3.8, 4) is 5.75 Å². The van der Waals surface area contributed by atoms with Crippen molar-refractivity contribution in [1.82, 2.24) is 4.90 Å². The monoisotopic (exact) mass is 222 g/mol. The van der Waals surface area contributed by atoms with E-state index in [0.717, 1.165) is 5.56 Å². The number of benzene rings is 1. The van der Waals surface area contributed by atoms with Crippen LogP contribution in [0.5, 0.6) is 5.75 Å². The quantitative estimate of drug-likeness (QED) is 0.718. The van der Waals surface area contributed by atoms with E-state index in [0.29, 0.717) is 11.4 Å². The Hall–Kier alpha value is -1.59. The van der Waals surface area contributed by atoms with Crippen molar-refractivity contribution in [2.45, 2.75) is 6.23 Å². The molecule has 0 spiro atoms. The number of nitrogens with zero attached hydrogens (tertiary/aromatic N) is 1. The second kappa shape index (κ2) is 4.11. The SMILES string of the molecule is CN(C)C(O)c1ccc2c(c1)NC(=O)CO2. The maximum Gasteiger partial charge on any atom is 0.262 e. The minimum absolute atomic E-state index is 0.0442. The Labute approximate surface area is 93.6 Å². The van der Waals surface area contributed by atoms with Gasteiger partial charge in [0.2, 0.25) is 0 Å². The molecule has 2 N–H and O–H groups in total. The Bertz CT molecular complexity index is 418. The summed E-state index contributed by atoms with van der Waals surface area (Å²) in [6, 6.07) is 5.24. The highest BCUT2D eigenvalue weighted by Crippen LogP contribution is 2.30. The van der Waals surface area contributed by atoms with Gasteiger partial charge in [-0.1, -0.05) is 6.07 Å². The van der Waals surface area contributed by atoms with Gasteiger partial charge < -0.3 is 15.2 Å². The second-order valence-corrected chi connectivity index (χ2v) is 3.93. The average molecular weight is 222 g/mol. The predicted molar refractivity (Wildman–Crippen MR) is 59.2 cm³/mol. The fourth-order valence-electron chi connectivity index (χ4n) is 1.56. The molecule has 2 rings (SSSR count). The fraction of sp³-hybridized carbons (Fsp3) is 0.364. The number of hydrogen-bond acceptors (Lipinski definition) is 4. The van der Waals surface area contributed by atoms with Crippen LogP contribution in [0.2, 0.25) is 0 Å². The molecular weight excluding hydrogens is 208 g/mol. The number of aliphatic hydroxyl groups excluding tert-OH is 1. The molecule has 1 unspecified atom stereocenters. The molecule has 1 aromatic rings. The number of rotatable bonds is 2. The lowest BCUT2D eigenvalue weighted by molar-refractivity contribution is -0.118. The molecule has 0 saturated heterocycles. The number of hydrogen-bond donors (Lipinski definition) is 2. The molecule has 1 heterocycles. The Balaban J connectivity index is 2.31. The molecule has 1 aliphatic heterocycles. The molecule has 0 radical (unpaired) electrons. The van der Waals surface area contributed by atoms with Gasteiger partial charge >= 0.3 is 0 Å². The Morgan fingerprint density at radius 2 is 2.25 bits per heavy atom. The van der Waals surface area contributed by atoms with E-state index in [1.165, 1.54) is 0 Å². The fourth-order valence-corrected chi connectivity index (χ4v) is 1.56. The maximum absolute atomic E-state index is 11.1. The molecule has 16 heavy (non-hydrogen) atoms. The van der Waals surface area contributed by atoms with Crippen LogP contribution in [0.15, 0.2) is 18.2 Å². The first kappa shape index (κ1) is 10.9. The van der Waals surface area contributed by atoms with Crippen LogP contribution in [0.1, 0.15) is 11.8 Å². The number of anilines is 1. The van der Waals surface area contributed by atoms with E-state index in [4.69, 9.17) is 4.74 Å². The lowest BCUT2D eigenvalue weighted by Gasteiger charge is -2.22. The predicted octanol–water partition coefficient (Wildman–Crippen LogP) is 0.570. The topological polar surface area (TPSA) is 61.8 Å². The van der Waals surface area contributed by atoms with Crippen LogP contribution in [0.4, 0.5) is 5.69 Å². The molecule has 0 saturated carbocycles. The summed E-state index contributed by atoms with van der Waals surface area (Å²) in [4.78, 5) is 12.8. The van der Waals surface area contributed by atoms with Gasteiger partial charge in [-0.25, -0.2) is 0 Å². The van der Waals surface area contributed by atoms with Crippen LogP contribution in [0.3, 0.4) is 0 Å². The van der Waals surface area contributed by atoms with E-state index >= 15 is 0 Å². The van der Waals surface area contributed by atoms with Crippen molar-refractivity contribution < 1.29 is 14.6 Å². The number of aliphatic hydroxyl groups is 1. The van der Waals surface area contributed by atoms with Crippen molar-refractivity contribution in [2.75, 3.05) is 26.0 Å². The molecule has 5 heteroatoms. The van der Waals surface area contributed by atoms with Gasteiger partial charge in [0.05, 0.1) is 5.69 Å². The maximum atomic E-state index is 11.1. The first-order valence-electron chi connectivity index (χ1n) is 4.99. The number of fused-ring (bicyclic) bond motifs is 1. The molecule has 1 aromatic carbocycles. The lowest BCUT2D eigenvalue weighted by Crippen LogP contribution is -2.26. The van der Waals surface area contributed by atoms with Gasteiger partial charge in [-0.05, 0) is 31.8 Å². The third kappa shape index (κ3) is 2.00. The van der Waals surface area contributed by atoms with Gasteiger partial charge in [0.1, 0.15) is 12.0 Å². The first-order valence-corrected chi connectivity index (χ1v) is 4.99. The van der Waals surface area contributed by atoms with Crippen LogP contribution in [0, 0.1) is 0 Å². The number of carbonyl (C=O) groups excluding carboxylic acids is 1. The molecule has 1 atom stereocenters. The summed E-state index contributed by atoms with van der Waals surface area (Å²) in [7, 11) is 3.55. The van der Waals surface area contributed by atoms with E-state index < -0.39 is 6.23 Å². The first-order chi connectivity index (χ1) is 7.58. The van der Waals surface area contributed by atoms with E-state index in [1.807, 2.05) is 0 Å². The lowest BCUT2D eigenvalue weighted by atomic mass is 10.1. The number of amides is 1. The van der Waals surface area contributed by atoms with E-state index in [-0.39, 0.29) is 12.5 Å². The summed E-state index contributed by atoms with van der Waals surface area (Å²) in [6.45, 7) is 0.0442. The van der Waals surface area contributed by atoms with Crippen molar-refractivity contribution >= 4 is 11.6 Å². The summed E-state index contributed by atoms with van der Waals surface area (Å²) in [5, 5.41) is 12.5. The average Bonchev–Trinajstić information content (AvgIpc) is 2.26. The minimum Gasteiger partial charge on any atom is -0.482 e. The third-order valence-corrected chi connectivity index (χ3v) is 2.42. The summed E-state index contributed by atoms with van der Waals surface area (Å²) < 4.78 is 5.22. The van der Waals surface area contributed by atoms with Crippen LogP contribution < -0.4 is 10.1 Å². The Kier molecular flexibility index (Phi) is 2.80. The van der Waals surface area contributed by atoms with E-state index in [2.05, 4.69) is 5.32 Å². The second-order valence-electron chi connectivity index (χ2n) is 3.93. The Morgan fingerprint density at radius 3 is 2.94 bits per heavy atom. The zero-order valence-corrected chi connectivity index (χ0v) is 9.23. The standard InChI is InChI=1S/C11H14N2O3/c1-13(2)11(15)7-3-4-9-8(5-7)12-10(14)6-16-9/h3-5,11,15H,6H2,1-2H3,(H,12,14). The normalized spacial score (nSPS) is 16.4. The third-order valence-electron chi connectivity index (χ3n) is 2.42. The zero-order valence-electron chi connectivity index (χ0n) is 9.23. The summed E-state index contributed by atoms with van der Waals surface area (Å²) in [6.07, 6.45) is -0.691. The highest BCUT2D eigenvalue weighted by molar-refractivity contribution is 5.95. The molecule has 86 valence electrons. The largest absolute Gasteiger partial charge is 0.482 e. The molecular formula is C11H14N2O3. The smallest absolute Gasteiger partial charge is 0.262 e. The van der Waals surface area contributed by atoms with Gasteiger partial charge in [0, 0.05) is 0 Å². The van der Waals surface area contributed by atoms with Gasteiger partial charge in [0.15, 0.2) is 6.61 Å². The van der Waals surface area contributed by atoms with Crippen molar-refractivity contribution in [3.05, 3.63) is 23.8 Å². The summed E-state index contributed by atoms with van der Waals surface area (Å²) in [5.74, 6) is 0.457. The molecule has 0 bridgehead atoms. The van der Waals surface area contributed by atoms with Crippen LogP contribution >= 0.6 is 0 Å². The van der Waals surface area contributed by atoms with E-state index in [9.17, 15) is 9.90 Å². The highest BCUT2D eigenvalue weighted by atomic mass is 16.5. The van der Waals surface area contributed by atoms with Crippen molar-refractivity contribution in [3.63, 3.8) is 0 Å². The molecule has 1 aliphatic rings. The zero-order chi connectivity index (χ0) is 11.7. The van der Waals surface area contributed by atoms with Gasteiger partial charge in [0.25, 0.3) is 5.91 Å². The Morgan fingerprint density at radius 1 is 1.50 bits per heavy atom. The molecule has 0 fully saturated rings. The summed E-state index contributed by atoms with van der Waals surface area (Å²) in [5.41, 5.74) is 1.32. The molecule has 1 amide bonds. The van der Waals surface area contributed by atoms with Crippen molar-refractivity contribution in [2.24, 2.45) is 0 Å². The van der Waals surface area contributed by atoms with Crippen LogP contribution in [0.25, 0.3) is 0 Å². The number of nitrogens with one attached hydrogen (secondary N) is 1. The van der Waals surface area contributed by atoms with E-state index in [1.54, 1.807) is 37.2 Å². The van der Waals surface area contributed by atoms with Crippen LogP contribution in [-0.2, 0) is 4.79 Å².